The van der Waals surface area contributed by atoms with Crippen LogP contribution in [0.15, 0.2) is 97.1 Å². The number of nitrogens with one attached hydrogen (secondary N) is 1. The van der Waals surface area contributed by atoms with Gasteiger partial charge in [-0.3, -0.25) is 14.9 Å². The zero-order valence-electron chi connectivity index (χ0n) is 20.8. The van der Waals surface area contributed by atoms with E-state index >= 15 is 0 Å². The quantitative estimate of drug-likeness (QED) is 0.299. The third kappa shape index (κ3) is 5.65. The van der Waals surface area contributed by atoms with Crippen molar-refractivity contribution >= 4 is 23.7 Å². The summed E-state index contributed by atoms with van der Waals surface area (Å²) >= 11 is 0. The highest BCUT2D eigenvalue weighted by Crippen LogP contribution is 2.44. The summed E-state index contributed by atoms with van der Waals surface area (Å²) in [6.45, 7) is -0.485. The Morgan fingerprint density at radius 2 is 1.46 bits per heavy atom. The largest absolute Gasteiger partial charge is 0.480 e. The van der Waals surface area contributed by atoms with Crippen LogP contribution in [0.1, 0.15) is 33.0 Å². The number of carbonyl (C=O) groups is 3. The summed E-state index contributed by atoms with van der Waals surface area (Å²) in [4.78, 5) is 38.0. The van der Waals surface area contributed by atoms with E-state index in [1.165, 1.54) is 12.1 Å². The smallest absolute Gasteiger partial charge is 0.411 e. The van der Waals surface area contributed by atoms with Gasteiger partial charge in [-0.1, -0.05) is 78.9 Å². The van der Waals surface area contributed by atoms with Gasteiger partial charge in [-0.05, 0) is 46.0 Å². The zero-order chi connectivity index (χ0) is 27.4. The minimum absolute atomic E-state index is 0.00512. The molecule has 7 nitrogen and oxygen atoms in total. The molecule has 196 valence electrons. The normalized spacial score (nSPS) is 11.8. The van der Waals surface area contributed by atoms with E-state index in [1.54, 1.807) is 30.3 Å². The van der Waals surface area contributed by atoms with Crippen molar-refractivity contribution in [1.29, 1.82) is 0 Å². The Bertz CT molecular complexity index is 1490. The Morgan fingerprint density at radius 3 is 2.08 bits per heavy atom. The van der Waals surface area contributed by atoms with Gasteiger partial charge in [-0.2, -0.15) is 0 Å². The molecule has 0 fully saturated rings. The first kappa shape index (κ1) is 25.7. The van der Waals surface area contributed by atoms with Crippen LogP contribution in [0.2, 0.25) is 0 Å². The number of fused-ring (bicyclic) bond motifs is 3. The molecule has 4 aromatic rings. The average molecular weight is 525 g/mol. The maximum atomic E-state index is 15.0. The number of rotatable bonds is 8. The van der Waals surface area contributed by atoms with Crippen molar-refractivity contribution in [3.63, 3.8) is 0 Å². The number of carbonyl (C=O) groups excluding carboxylic acids is 2. The van der Waals surface area contributed by atoms with E-state index in [9.17, 15) is 23.9 Å². The first-order valence-electron chi connectivity index (χ1n) is 12.4. The lowest BCUT2D eigenvalue weighted by Gasteiger charge is -2.21. The van der Waals surface area contributed by atoms with Gasteiger partial charge in [0.05, 0.1) is 5.56 Å². The molecule has 2 amide bonds. The lowest BCUT2D eigenvalue weighted by atomic mass is 9.98. The summed E-state index contributed by atoms with van der Waals surface area (Å²) < 4.78 is 20.5. The van der Waals surface area contributed by atoms with E-state index in [1.807, 2.05) is 48.5 Å². The van der Waals surface area contributed by atoms with Gasteiger partial charge < -0.3 is 14.7 Å². The molecule has 5 rings (SSSR count). The minimum atomic E-state index is -1.21. The second-order valence-electron chi connectivity index (χ2n) is 9.19. The molecule has 1 aliphatic rings. The SMILES string of the molecule is O=C(O)CN(Cc1ccccc1)C(=O)c1ccc(NC(=O)OCC2c3ccccc3-c3ccccc32)cc1F. The third-order valence-corrected chi connectivity index (χ3v) is 6.62. The van der Waals surface area contributed by atoms with Crippen LogP contribution in [0, 0.1) is 5.82 Å². The van der Waals surface area contributed by atoms with Crippen molar-refractivity contribution in [1.82, 2.24) is 4.90 Å². The molecule has 0 atom stereocenters. The number of hydrogen-bond donors (Lipinski definition) is 2. The Morgan fingerprint density at radius 1 is 0.846 bits per heavy atom. The van der Waals surface area contributed by atoms with Gasteiger partial charge in [-0.15, -0.1) is 0 Å². The van der Waals surface area contributed by atoms with Gasteiger partial charge in [0.15, 0.2) is 0 Å². The zero-order valence-corrected chi connectivity index (χ0v) is 20.8. The molecule has 0 saturated carbocycles. The van der Waals surface area contributed by atoms with Crippen molar-refractivity contribution in [2.45, 2.75) is 12.5 Å². The molecule has 0 bridgehead atoms. The summed E-state index contributed by atoms with van der Waals surface area (Å²) in [7, 11) is 0. The number of hydrogen-bond acceptors (Lipinski definition) is 4. The Labute approximate surface area is 224 Å². The Balaban J connectivity index is 1.25. The summed E-state index contributed by atoms with van der Waals surface area (Å²) in [6.07, 6.45) is -0.757. The number of anilines is 1. The third-order valence-electron chi connectivity index (χ3n) is 6.62. The van der Waals surface area contributed by atoms with E-state index < -0.39 is 30.3 Å². The molecule has 0 saturated heterocycles. The highest BCUT2D eigenvalue weighted by molar-refractivity contribution is 5.97. The molecule has 0 spiro atoms. The predicted molar refractivity (Wildman–Crippen MR) is 144 cm³/mol. The lowest BCUT2D eigenvalue weighted by Crippen LogP contribution is -2.35. The van der Waals surface area contributed by atoms with E-state index in [4.69, 9.17) is 4.74 Å². The van der Waals surface area contributed by atoms with Gasteiger partial charge in [0.1, 0.15) is 19.0 Å². The molecule has 0 aliphatic heterocycles. The van der Waals surface area contributed by atoms with Crippen LogP contribution in [-0.4, -0.2) is 41.1 Å². The molecular weight excluding hydrogens is 499 g/mol. The van der Waals surface area contributed by atoms with Crippen LogP contribution in [0.25, 0.3) is 11.1 Å². The molecule has 39 heavy (non-hydrogen) atoms. The molecule has 0 aromatic heterocycles. The van der Waals surface area contributed by atoms with Crippen LogP contribution < -0.4 is 5.32 Å². The molecular formula is C31H25FN2O5. The van der Waals surface area contributed by atoms with Crippen LogP contribution >= 0.6 is 0 Å². The van der Waals surface area contributed by atoms with Crippen molar-refractivity contribution in [3.8, 4) is 11.1 Å². The fraction of sp³-hybridized carbons (Fsp3) is 0.129. The predicted octanol–water partition coefficient (Wildman–Crippen LogP) is 5.91. The van der Waals surface area contributed by atoms with Crippen molar-refractivity contribution < 1.29 is 28.6 Å². The number of aliphatic carboxylic acids is 1. The summed E-state index contributed by atoms with van der Waals surface area (Å²) in [5.74, 6) is -3.00. The van der Waals surface area contributed by atoms with E-state index in [0.717, 1.165) is 33.2 Å². The minimum Gasteiger partial charge on any atom is -0.480 e. The summed E-state index contributed by atoms with van der Waals surface area (Å²) in [5, 5.41) is 11.8. The monoisotopic (exact) mass is 524 g/mol. The fourth-order valence-corrected chi connectivity index (χ4v) is 4.86. The lowest BCUT2D eigenvalue weighted by molar-refractivity contribution is -0.137. The Kier molecular flexibility index (Phi) is 7.36. The molecule has 2 N–H and O–H groups in total. The molecule has 0 radical (unpaired) electrons. The van der Waals surface area contributed by atoms with Gasteiger partial charge in [0.2, 0.25) is 0 Å². The first-order chi connectivity index (χ1) is 18.9. The molecule has 4 aromatic carbocycles. The maximum Gasteiger partial charge on any atom is 0.411 e. The first-order valence-corrected chi connectivity index (χ1v) is 12.4. The molecule has 1 aliphatic carbocycles. The maximum absolute atomic E-state index is 15.0. The number of benzene rings is 4. The standard InChI is InChI=1S/C31H25FN2O5/c32-28-16-21(14-15-26(28)30(37)34(18-29(35)36)17-20-8-2-1-3-9-20)33-31(38)39-19-27-24-12-6-4-10-22(24)23-11-5-7-13-25(23)27/h1-16,27H,17-19H2,(H,33,38)(H,35,36). The van der Waals surface area contributed by atoms with Crippen LogP contribution in [0.4, 0.5) is 14.9 Å². The number of halogens is 1. The molecule has 8 heteroatoms. The number of carboxylic acids is 1. The van der Waals surface area contributed by atoms with Crippen LogP contribution in [-0.2, 0) is 16.1 Å². The second kappa shape index (κ2) is 11.2. The van der Waals surface area contributed by atoms with Crippen LogP contribution in [0.3, 0.4) is 0 Å². The number of ether oxygens (including phenoxy) is 1. The number of nitrogens with zero attached hydrogens (tertiary/aromatic N) is 1. The van der Waals surface area contributed by atoms with Gasteiger partial charge >= 0.3 is 12.1 Å². The second-order valence-corrected chi connectivity index (χ2v) is 9.19. The highest BCUT2D eigenvalue weighted by Gasteiger charge is 2.29. The topological polar surface area (TPSA) is 95.9 Å². The fourth-order valence-electron chi connectivity index (χ4n) is 4.86. The number of carboxylic acid groups (broad SMARTS) is 1. The average Bonchev–Trinajstić information content (AvgIpc) is 3.25. The van der Waals surface area contributed by atoms with E-state index in [0.29, 0.717) is 5.56 Å². The molecule has 0 unspecified atom stereocenters. The van der Waals surface area contributed by atoms with Gasteiger partial charge in [0, 0.05) is 18.2 Å². The van der Waals surface area contributed by atoms with Crippen molar-refractivity contribution in [3.05, 3.63) is 125 Å². The van der Waals surface area contributed by atoms with Crippen LogP contribution in [0.5, 0.6) is 0 Å². The summed E-state index contributed by atoms with van der Waals surface area (Å²) in [5.41, 5.74) is 4.87. The van der Waals surface area contributed by atoms with E-state index in [2.05, 4.69) is 5.32 Å². The van der Waals surface area contributed by atoms with Crippen molar-refractivity contribution in [2.75, 3.05) is 18.5 Å². The highest BCUT2D eigenvalue weighted by atomic mass is 19.1. The van der Waals surface area contributed by atoms with Gasteiger partial charge in [0.25, 0.3) is 5.91 Å². The molecule has 0 heterocycles. The van der Waals surface area contributed by atoms with Crippen molar-refractivity contribution in [2.24, 2.45) is 0 Å². The summed E-state index contributed by atoms with van der Waals surface area (Å²) in [6, 6.07) is 28.4. The Hall–Kier alpha value is -4.98. The number of amides is 2. The van der Waals surface area contributed by atoms with E-state index in [-0.39, 0.29) is 30.3 Å². The van der Waals surface area contributed by atoms with Gasteiger partial charge in [-0.25, -0.2) is 9.18 Å².